The molecule has 112 valence electrons. The second-order valence-corrected chi connectivity index (χ2v) is 6.61. The van der Waals surface area contributed by atoms with E-state index in [0.29, 0.717) is 0 Å². The van der Waals surface area contributed by atoms with E-state index in [4.69, 9.17) is 23.2 Å². The van der Waals surface area contributed by atoms with E-state index < -0.39 is 17.8 Å². The quantitative estimate of drug-likeness (QED) is 0.895. The molecule has 2 saturated carbocycles. The van der Waals surface area contributed by atoms with Crippen molar-refractivity contribution in [1.82, 2.24) is 5.32 Å². The lowest BCUT2D eigenvalue weighted by atomic mass is 9.84. The third kappa shape index (κ3) is 2.51. The lowest BCUT2D eigenvalue weighted by molar-refractivity contribution is -0.144. The maximum atomic E-state index is 12.4. The Labute approximate surface area is 132 Å². The van der Waals surface area contributed by atoms with Crippen molar-refractivity contribution in [1.29, 1.82) is 0 Å². The summed E-state index contributed by atoms with van der Waals surface area (Å²) in [5.74, 6) is -1.33. The number of hydrogen-bond donors (Lipinski definition) is 2. The van der Waals surface area contributed by atoms with Gasteiger partial charge in [0.2, 0.25) is 0 Å². The minimum Gasteiger partial charge on any atom is -0.481 e. The zero-order valence-electron chi connectivity index (χ0n) is 11.2. The minimum atomic E-state index is -0.835. The van der Waals surface area contributed by atoms with Gasteiger partial charge in [-0.05, 0) is 43.2 Å². The molecule has 2 fully saturated rings. The molecule has 0 heterocycles. The van der Waals surface area contributed by atoms with Gasteiger partial charge in [0, 0.05) is 6.04 Å². The van der Waals surface area contributed by atoms with Crippen molar-refractivity contribution in [3.63, 3.8) is 0 Å². The topological polar surface area (TPSA) is 66.4 Å². The molecule has 3 rings (SSSR count). The van der Waals surface area contributed by atoms with E-state index in [1.54, 1.807) is 18.2 Å². The Morgan fingerprint density at radius 1 is 1.14 bits per heavy atom. The fourth-order valence-corrected chi connectivity index (χ4v) is 4.36. The van der Waals surface area contributed by atoms with Crippen LogP contribution in [0, 0.1) is 17.8 Å². The first-order chi connectivity index (χ1) is 9.99. The Kier molecular flexibility index (Phi) is 3.84. The number of hydrogen-bond acceptors (Lipinski definition) is 2. The Balaban J connectivity index is 1.83. The van der Waals surface area contributed by atoms with Crippen molar-refractivity contribution in [3.8, 4) is 0 Å². The average molecular weight is 328 g/mol. The molecule has 0 saturated heterocycles. The van der Waals surface area contributed by atoms with Gasteiger partial charge in [0.25, 0.3) is 5.91 Å². The van der Waals surface area contributed by atoms with Crippen LogP contribution < -0.4 is 5.32 Å². The Hall–Kier alpha value is -1.26. The average Bonchev–Trinajstić information content (AvgIpc) is 2.98. The number of nitrogens with one attached hydrogen (secondary N) is 1. The van der Waals surface area contributed by atoms with Gasteiger partial charge in [0.15, 0.2) is 0 Å². The SMILES string of the molecule is O=C(NC1C2CCC(C2)C1C(=O)O)c1c(Cl)cccc1Cl. The fraction of sp³-hybridized carbons (Fsp3) is 0.467. The molecule has 2 aliphatic rings. The van der Waals surface area contributed by atoms with Gasteiger partial charge in [0.1, 0.15) is 0 Å². The molecule has 2 bridgehead atoms. The number of carboxylic acid groups (broad SMARTS) is 1. The Bertz CT molecular complexity index is 584. The second-order valence-electron chi connectivity index (χ2n) is 5.79. The van der Waals surface area contributed by atoms with Crippen molar-refractivity contribution in [2.75, 3.05) is 0 Å². The third-order valence-corrected chi connectivity index (χ3v) is 5.32. The van der Waals surface area contributed by atoms with Crippen LogP contribution in [0.1, 0.15) is 29.6 Å². The van der Waals surface area contributed by atoms with Crippen LogP contribution in [0.4, 0.5) is 0 Å². The van der Waals surface area contributed by atoms with Crippen molar-refractivity contribution in [2.24, 2.45) is 17.8 Å². The first-order valence-corrected chi connectivity index (χ1v) is 7.72. The summed E-state index contributed by atoms with van der Waals surface area (Å²) in [4.78, 5) is 23.9. The number of aliphatic carboxylic acids is 1. The smallest absolute Gasteiger partial charge is 0.308 e. The van der Waals surface area contributed by atoms with E-state index in [1.807, 2.05) is 0 Å². The zero-order valence-corrected chi connectivity index (χ0v) is 12.7. The predicted octanol–water partition coefficient (Wildman–Crippen LogP) is 3.22. The number of rotatable bonds is 3. The largest absolute Gasteiger partial charge is 0.481 e. The molecule has 2 aliphatic carbocycles. The van der Waals surface area contributed by atoms with Gasteiger partial charge in [-0.15, -0.1) is 0 Å². The van der Waals surface area contributed by atoms with Crippen LogP contribution in [0.25, 0.3) is 0 Å². The second kappa shape index (κ2) is 5.50. The summed E-state index contributed by atoms with van der Waals surface area (Å²) in [6, 6.07) is 4.52. The van der Waals surface area contributed by atoms with E-state index in [9.17, 15) is 14.7 Å². The summed E-state index contributed by atoms with van der Waals surface area (Å²) in [5.41, 5.74) is 0.216. The predicted molar refractivity (Wildman–Crippen MR) is 79.7 cm³/mol. The van der Waals surface area contributed by atoms with Gasteiger partial charge < -0.3 is 10.4 Å². The standard InChI is InChI=1S/C15H15Cl2NO3/c16-9-2-1-3-10(17)12(9)14(19)18-13-8-5-4-7(6-8)11(13)15(20)21/h1-3,7-8,11,13H,4-6H2,(H,18,19)(H,20,21). The molecular weight excluding hydrogens is 313 g/mol. The molecule has 1 aromatic rings. The summed E-state index contributed by atoms with van der Waals surface area (Å²) >= 11 is 12.1. The van der Waals surface area contributed by atoms with Gasteiger partial charge in [0.05, 0.1) is 21.5 Å². The lowest BCUT2D eigenvalue weighted by Crippen LogP contribution is -2.46. The molecule has 4 nitrogen and oxygen atoms in total. The van der Waals surface area contributed by atoms with Crippen LogP contribution in [0.15, 0.2) is 18.2 Å². The molecule has 2 N–H and O–H groups in total. The lowest BCUT2D eigenvalue weighted by Gasteiger charge is -2.29. The zero-order chi connectivity index (χ0) is 15.1. The number of fused-ring (bicyclic) bond motifs is 2. The highest BCUT2D eigenvalue weighted by Crippen LogP contribution is 2.48. The van der Waals surface area contributed by atoms with E-state index in [-0.39, 0.29) is 33.5 Å². The monoisotopic (exact) mass is 327 g/mol. The van der Waals surface area contributed by atoms with Crippen molar-refractivity contribution in [3.05, 3.63) is 33.8 Å². The number of benzene rings is 1. The molecular formula is C15H15Cl2NO3. The molecule has 0 radical (unpaired) electrons. The minimum absolute atomic E-state index is 0.166. The van der Waals surface area contributed by atoms with Crippen molar-refractivity contribution >= 4 is 35.1 Å². The number of halogens is 2. The highest BCUT2D eigenvalue weighted by Gasteiger charge is 2.51. The highest BCUT2D eigenvalue weighted by atomic mass is 35.5. The summed E-state index contributed by atoms with van der Waals surface area (Å²) < 4.78 is 0. The molecule has 1 aromatic carbocycles. The summed E-state index contributed by atoms with van der Waals surface area (Å²) in [6.07, 6.45) is 2.77. The number of carbonyl (C=O) groups excluding carboxylic acids is 1. The third-order valence-electron chi connectivity index (χ3n) is 4.69. The first kappa shape index (κ1) is 14.7. The Morgan fingerprint density at radius 3 is 2.38 bits per heavy atom. The van der Waals surface area contributed by atoms with Gasteiger partial charge in [-0.1, -0.05) is 29.3 Å². The maximum absolute atomic E-state index is 12.4. The van der Waals surface area contributed by atoms with E-state index >= 15 is 0 Å². The van der Waals surface area contributed by atoms with Crippen LogP contribution in [0.5, 0.6) is 0 Å². The molecule has 1 amide bonds. The van der Waals surface area contributed by atoms with Gasteiger partial charge >= 0.3 is 5.97 Å². The van der Waals surface area contributed by atoms with Gasteiger partial charge in [-0.3, -0.25) is 9.59 Å². The summed E-state index contributed by atoms with van der Waals surface area (Å²) in [5, 5.41) is 12.8. The fourth-order valence-electron chi connectivity index (χ4n) is 3.79. The molecule has 4 atom stereocenters. The summed E-state index contributed by atoms with van der Waals surface area (Å²) in [7, 11) is 0. The molecule has 0 aliphatic heterocycles. The molecule has 4 unspecified atom stereocenters. The number of carboxylic acids is 1. The van der Waals surface area contributed by atoms with Crippen LogP contribution in [-0.2, 0) is 4.79 Å². The van der Waals surface area contributed by atoms with Crippen LogP contribution in [-0.4, -0.2) is 23.0 Å². The van der Waals surface area contributed by atoms with Crippen LogP contribution in [0.3, 0.4) is 0 Å². The first-order valence-electron chi connectivity index (χ1n) is 6.96. The molecule has 0 aromatic heterocycles. The van der Waals surface area contributed by atoms with Crippen molar-refractivity contribution < 1.29 is 14.7 Å². The van der Waals surface area contributed by atoms with Gasteiger partial charge in [-0.25, -0.2) is 0 Å². The normalized spacial score (nSPS) is 30.4. The van der Waals surface area contributed by atoms with E-state index in [0.717, 1.165) is 19.3 Å². The molecule has 21 heavy (non-hydrogen) atoms. The number of amides is 1. The molecule has 6 heteroatoms. The van der Waals surface area contributed by atoms with E-state index in [2.05, 4.69) is 5.32 Å². The maximum Gasteiger partial charge on any atom is 0.308 e. The summed E-state index contributed by atoms with van der Waals surface area (Å²) in [6.45, 7) is 0. The highest BCUT2D eigenvalue weighted by molar-refractivity contribution is 6.39. The molecule has 0 spiro atoms. The van der Waals surface area contributed by atoms with Crippen molar-refractivity contribution in [2.45, 2.75) is 25.3 Å². The number of carbonyl (C=O) groups is 2. The van der Waals surface area contributed by atoms with Gasteiger partial charge in [-0.2, -0.15) is 0 Å². The van der Waals surface area contributed by atoms with E-state index in [1.165, 1.54) is 0 Å². The van der Waals surface area contributed by atoms with Crippen LogP contribution in [0.2, 0.25) is 10.0 Å². The Morgan fingerprint density at radius 2 is 1.76 bits per heavy atom. The van der Waals surface area contributed by atoms with Crippen LogP contribution >= 0.6 is 23.2 Å².